The fourth-order valence-electron chi connectivity index (χ4n) is 1.32. The van der Waals surface area contributed by atoms with E-state index in [1.807, 2.05) is 0 Å². The van der Waals surface area contributed by atoms with Crippen molar-refractivity contribution in [1.82, 2.24) is 9.97 Å². The molecule has 0 radical (unpaired) electrons. The molecule has 0 aliphatic carbocycles. The Morgan fingerprint density at radius 3 is 2.43 bits per heavy atom. The Labute approximate surface area is 129 Å². The summed E-state index contributed by atoms with van der Waals surface area (Å²) in [6, 6.07) is 1.26. The minimum atomic E-state index is -4.61. The molecule has 1 aromatic rings. The highest BCUT2D eigenvalue weighted by molar-refractivity contribution is 5.91. The number of methoxy groups -OCH3 is 2. The fraction of sp³-hybridized carbons (Fsp3) is 0.500. The van der Waals surface area contributed by atoms with E-state index < -0.39 is 31.1 Å². The van der Waals surface area contributed by atoms with E-state index in [-0.39, 0.29) is 24.1 Å². The minimum Gasteiger partial charge on any atom is -0.481 e. The second kappa shape index (κ2) is 8.15. The van der Waals surface area contributed by atoms with Crippen LogP contribution in [0.2, 0.25) is 0 Å². The van der Waals surface area contributed by atoms with Crippen molar-refractivity contribution in [3.05, 3.63) is 6.07 Å². The quantitative estimate of drug-likeness (QED) is 0.749. The Balaban J connectivity index is 2.49. The highest BCUT2D eigenvalue weighted by atomic mass is 19.4. The van der Waals surface area contributed by atoms with E-state index in [1.54, 1.807) is 0 Å². The minimum absolute atomic E-state index is 0.0516. The lowest BCUT2D eigenvalue weighted by Crippen LogP contribution is -2.21. The zero-order valence-corrected chi connectivity index (χ0v) is 12.3. The summed E-state index contributed by atoms with van der Waals surface area (Å²) in [4.78, 5) is 30.4. The highest BCUT2D eigenvalue weighted by Crippen LogP contribution is 2.17. The molecule has 0 aromatic carbocycles. The van der Waals surface area contributed by atoms with Crippen molar-refractivity contribution in [3.63, 3.8) is 0 Å². The summed E-state index contributed by atoms with van der Waals surface area (Å²) in [7, 11) is 2.67. The largest absolute Gasteiger partial charge is 0.481 e. The van der Waals surface area contributed by atoms with Gasteiger partial charge in [-0.2, -0.15) is 23.1 Å². The van der Waals surface area contributed by atoms with Crippen molar-refractivity contribution in [2.75, 3.05) is 26.1 Å². The van der Waals surface area contributed by atoms with E-state index in [4.69, 9.17) is 9.47 Å². The lowest BCUT2D eigenvalue weighted by atomic mass is 10.3. The predicted octanol–water partition coefficient (Wildman–Crippen LogP) is 1.32. The van der Waals surface area contributed by atoms with Gasteiger partial charge in [-0.25, -0.2) is 0 Å². The van der Waals surface area contributed by atoms with Gasteiger partial charge in [-0.3, -0.25) is 9.59 Å². The molecule has 0 unspecified atom stereocenters. The van der Waals surface area contributed by atoms with Crippen molar-refractivity contribution >= 4 is 17.7 Å². The molecule has 1 N–H and O–H groups in total. The van der Waals surface area contributed by atoms with Crippen LogP contribution in [0, 0.1) is 0 Å². The Bertz CT molecular complexity index is 543. The van der Waals surface area contributed by atoms with Crippen LogP contribution < -0.4 is 14.8 Å². The molecular weight excluding hydrogens is 323 g/mol. The van der Waals surface area contributed by atoms with E-state index >= 15 is 0 Å². The first kappa shape index (κ1) is 18.5. The number of nitrogens with one attached hydrogen (secondary N) is 1. The number of anilines is 1. The normalized spacial score (nSPS) is 10.8. The Hall–Kier alpha value is -2.59. The van der Waals surface area contributed by atoms with Gasteiger partial charge in [0.2, 0.25) is 11.8 Å². The summed E-state index contributed by atoms with van der Waals surface area (Å²) < 4.78 is 49.2. The van der Waals surface area contributed by atoms with Crippen molar-refractivity contribution in [3.8, 4) is 11.9 Å². The number of alkyl halides is 3. The molecule has 1 heterocycles. The third-order valence-corrected chi connectivity index (χ3v) is 2.29. The van der Waals surface area contributed by atoms with Crippen LogP contribution in [0.25, 0.3) is 0 Å². The maximum atomic E-state index is 11.9. The number of rotatable bonds is 7. The molecule has 0 saturated heterocycles. The lowest BCUT2D eigenvalue weighted by Gasteiger charge is -2.09. The standard InChI is InChI=1S/C12H14F3N3O5/c1-21-9-5-7(17-11(18-9)22-2)16-8(19)3-4-10(20)23-6-12(13,14)15/h5H,3-4,6H2,1-2H3,(H,16,17,18,19). The van der Waals surface area contributed by atoms with Crippen LogP contribution in [-0.4, -0.2) is 48.8 Å². The number of esters is 1. The van der Waals surface area contributed by atoms with Crippen molar-refractivity contribution in [2.45, 2.75) is 19.0 Å². The maximum absolute atomic E-state index is 11.9. The summed E-state index contributed by atoms with van der Waals surface area (Å²) >= 11 is 0. The summed E-state index contributed by atoms with van der Waals surface area (Å²) in [5.74, 6) is -1.58. The molecule has 1 rings (SSSR count). The number of hydrogen-bond acceptors (Lipinski definition) is 7. The van der Waals surface area contributed by atoms with E-state index in [0.717, 1.165) is 0 Å². The highest BCUT2D eigenvalue weighted by Gasteiger charge is 2.29. The molecule has 0 bridgehead atoms. The number of amides is 1. The van der Waals surface area contributed by atoms with Crippen molar-refractivity contribution in [1.29, 1.82) is 0 Å². The summed E-state index contributed by atoms with van der Waals surface area (Å²) in [6.45, 7) is -1.69. The number of aromatic nitrogens is 2. The van der Waals surface area contributed by atoms with E-state index in [1.165, 1.54) is 20.3 Å². The van der Waals surface area contributed by atoms with Crippen LogP contribution in [0.5, 0.6) is 11.9 Å². The van der Waals surface area contributed by atoms with Gasteiger partial charge in [-0.05, 0) is 0 Å². The van der Waals surface area contributed by atoms with Gasteiger partial charge in [0.25, 0.3) is 0 Å². The maximum Gasteiger partial charge on any atom is 0.422 e. The average molecular weight is 337 g/mol. The number of carbonyl (C=O) groups is 2. The van der Waals surface area contributed by atoms with Gasteiger partial charge in [0.1, 0.15) is 5.82 Å². The number of halogens is 3. The molecule has 1 aromatic heterocycles. The van der Waals surface area contributed by atoms with Crippen molar-refractivity contribution < 1.29 is 37.0 Å². The van der Waals surface area contributed by atoms with Gasteiger partial charge in [-0.1, -0.05) is 0 Å². The molecule has 0 saturated carbocycles. The third-order valence-electron chi connectivity index (χ3n) is 2.29. The Morgan fingerprint density at radius 1 is 1.17 bits per heavy atom. The molecule has 23 heavy (non-hydrogen) atoms. The monoisotopic (exact) mass is 337 g/mol. The molecule has 0 spiro atoms. The zero-order chi connectivity index (χ0) is 17.5. The number of nitrogens with zero attached hydrogens (tertiary/aromatic N) is 2. The smallest absolute Gasteiger partial charge is 0.422 e. The average Bonchev–Trinajstić information content (AvgIpc) is 2.49. The first-order valence-corrected chi connectivity index (χ1v) is 6.23. The molecule has 8 nitrogen and oxygen atoms in total. The number of hydrogen-bond donors (Lipinski definition) is 1. The fourth-order valence-corrected chi connectivity index (χ4v) is 1.32. The third kappa shape index (κ3) is 7.29. The van der Waals surface area contributed by atoms with Crippen molar-refractivity contribution in [2.24, 2.45) is 0 Å². The molecule has 0 fully saturated rings. The van der Waals surface area contributed by atoms with Crippen LogP contribution in [0.4, 0.5) is 19.0 Å². The molecule has 0 aliphatic heterocycles. The van der Waals surface area contributed by atoms with Gasteiger partial charge in [0, 0.05) is 12.5 Å². The van der Waals surface area contributed by atoms with Crippen LogP contribution >= 0.6 is 0 Å². The van der Waals surface area contributed by atoms with Crippen LogP contribution in [0.3, 0.4) is 0 Å². The first-order chi connectivity index (χ1) is 10.7. The molecule has 1 amide bonds. The van der Waals surface area contributed by atoms with E-state index in [0.29, 0.717) is 0 Å². The molecule has 11 heteroatoms. The molecule has 128 valence electrons. The predicted molar refractivity (Wildman–Crippen MR) is 70.0 cm³/mol. The van der Waals surface area contributed by atoms with Gasteiger partial charge in [0.15, 0.2) is 6.61 Å². The second-order valence-electron chi connectivity index (χ2n) is 4.11. The van der Waals surface area contributed by atoms with Gasteiger partial charge in [-0.15, -0.1) is 0 Å². The number of ether oxygens (including phenoxy) is 3. The van der Waals surface area contributed by atoms with E-state index in [2.05, 4.69) is 20.0 Å². The summed E-state index contributed by atoms with van der Waals surface area (Å²) in [5, 5.41) is 2.34. The topological polar surface area (TPSA) is 99.6 Å². The number of carbonyl (C=O) groups excluding carboxylic acids is 2. The summed E-state index contributed by atoms with van der Waals surface area (Å²) in [6.07, 6.45) is -5.47. The zero-order valence-electron chi connectivity index (χ0n) is 12.3. The van der Waals surface area contributed by atoms with Gasteiger partial charge in [0.05, 0.1) is 20.6 Å². The van der Waals surface area contributed by atoms with Crippen LogP contribution in [0.15, 0.2) is 6.07 Å². The van der Waals surface area contributed by atoms with Crippen LogP contribution in [0.1, 0.15) is 12.8 Å². The Morgan fingerprint density at radius 2 is 1.87 bits per heavy atom. The summed E-state index contributed by atoms with van der Waals surface area (Å²) in [5.41, 5.74) is 0. The SMILES string of the molecule is COc1cc(NC(=O)CCC(=O)OCC(F)(F)F)nc(OC)n1. The first-order valence-electron chi connectivity index (χ1n) is 6.23. The van der Waals surface area contributed by atoms with Gasteiger partial charge < -0.3 is 19.5 Å². The van der Waals surface area contributed by atoms with Gasteiger partial charge >= 0.3 is 18.2 Å². The lowest BCUT2D eigenvalue weighted by molar-refractivity contribution is -0.186. The molecule has 0 aliphatic rings. The second-order valence-corrected chi connectivity index (χ2v) is 4.11. The Kier molecular flexibility index (Phi) is 6.54. The van der Waals surface area contributed by atoms with E-state index in [9.17, 15) is 22.8 Å². The van der Waals surface area contributed by atoms with Crippen LogP contribution in [-0.2, 0) is 14.3 Å². The molecule has 0 atom stereocenters. The molecular formula is C12H14F3N3O5.